The van der Waals surface area contributed by atoms with E-state index in [0.29, 0.717) is 17.0 Å². The summed E-state index contributed by atoms with van der Waals surface area (Å²) in [5.74, 6) is -1.24. The van der Waals surface area contributed by atoms with Gasteiger partial charge in [0.15, 0.2) is 6.61 Å². The number of benzene rings is 2. The van der Waals surface area contributed by atoms with Gasteiger partial charge in [0, 0.05) is 11.3 Å². The molecular formula is C20H22N2O5. The molecular weight excluding hydrogens is 348 g/mol. The maximum Gasteiger partial charge on any atom is 0.322 e. The highest BCUT2D eigenvalue weighted by Gasteiger charge is 2.10. The van der Waals surface area contributed by atoms with Crippen molar-refractivity contribution in [3.05, 3.63) is 58.7 Å². The molecule has 0 saturated carbocycles. The van der Waals surface area contributed by atoms with Gasteiger partial charge in [-0.15, -0.1) is 0 Å². The molecule has 0 atom stereocenters. The summed E-state index contributed by atoms with van der Waals surface area (Å²) in [4.78, 5) is 34.3. The van der Waals surface area contributed by atoms with Crippen molar-refractivity contribution in [2.75, 3.05) is 18.5 Å². The molecule has 142 valence electrons. The molecule has 2 rings (SSSR count). The normalized spacial score (nSPS) is 10.2. The number of anilines is 1. The number of carboxylic acids is 1. The monoisotopic (exact) mass is 370 g/mol. The van der Waals surface area contributed by atoms with E-state index in [-0.39, 0.29) is 12.5 Å². The summed E-state index contributed by atoms with van der Waals surface area (Å²) in [5, 5.41) is 13.5. The van der Waals surface area contributed by atoms with Crippen LogP contribution in [0.4, 0.5) is 5.69 Å². The van der Waals surface area contributed by atoms with E-state index in [1.54, 1.807) is 12.1 Å². The summed E-state index contributed by atoms with van der Waals surface area (Å²) in [6, 6.07) is 10.1. The fourth-order valence-electron chi connectivity index (χ4n) is 2.69. The Hall–Kier alpha value is -3.35. The van der Waals surface area contributed by atoms with Gasteiger partial charge in [0.1, 0.15) is 12.3 Å². The Morgan fingerprint density at radius 3 is 2.15 bits per heavy atom. The van der Waals surface area contributed by atoms with E-state index in [1.807, 2.05) is 32.9 Å². The van der Waals surface area contributed by atoms with E-state index in [1.165, 1.54) is 12.1 Å². The van der Waals surface area contributed by atoms with Crippen LogP contribution < -0.4 is 15.4 Å². The number of aliphatic carboxylic acids is 1. The van der Waals surface area contributed by atoms with Crippen molar-refractivity contribution < 1.29 is 24.2 Å². The first kappa shape index (κ1) is 20.0. The van der Waals surface area contributed by atoms with Crippen LogP contribution in [-0.2, 0) is 9.59 Å². The molecule has 0 radical (unpaired) electrons. The van der Waals surface area contributed by atoms with Gasteiger partial charge in [0.2, 0.25) is 0 Å². The predicted molar refractivity (Wildman–Crippen MR) is 101 cm³/mol. The number of rotatable bonds is 7. The van der Waals surface area contributed by atoms with E-state index in [9.17, 15) is 14.4 Å². The van der Waals surface area contributed by atoms with Crippen molar-refractivity contribution in [3.8, 4) is 5.75 Å². The zero-order valence-corrected chi connectivity index (χ0v) is 15.5. The van der Waals surface area contributed by atoms with E-state index in [0.717, 1.165) is 16.7 Å². The van der Waals surface area contributed by atoms with E-state index in [4.69, 9.17) is 9.84 Å². The van der Waals surface area contributed by atoms with Crippen LogP contribution in [0.5, 0.6) is 5.75 Å². The van der Waals surface area contributed by atoms with Crippen LogP contribution in [0.1, 0.15) is 27.0 Å². The molecule has 3 N–H and O–H groups in total. The Kier molecular flexibility index (Phi) is 6.54. The maximum absolute atomic E-state index is 12.1. The molecule has 27 heavy (non-hydrogen) atoms. The highest BCUT2D eigenvalue weighted by molar-refractivity contribution is 5.97. The fraction of sp³-hybridized carbons (Fsp3) is 0.250. The third-order valence-electron chi connectivity index (χ3n) is 3.78. The number of carbonyl (C=O) groups is 3. The minimum absolute atomic E-state index is 0.133. The summed E-state index contributed by atoms with van der Waals surface area (Å²) in [5.41, 5.74) is 3.88. The van der Waals surface area contributed by atoms with Gasteiger partial charge >= 0.3 is 5.97 Å². The largest absolute Gasteiger partial charge is 0.483 e. The van der Waals surface area contributed by atoms with Crippen LogP contribution in [0.25, 0.3) is 0 Å². The number of nitrogens with one attached hydrogen (secondary N) is 2. The highest BCUT2D eigenvalue weighted by Crippen LogP contribution is 2.24. The third kappa shape index (κ3) is 5.85. The molecule has 0 fully saturated rings. The van der Waals surface area contributed by atoms with Gasteiger partial charge in [0.25, 0.3) is 11.8 Å². The fourth-order valence-corrected chi connectivity index (χ4v) is 2.69. The van der Waals surface area contributed by atoms with Gasteiger partial charge in [-0.3, -0.25) is 14.4 Å². The van der Waals surface area contributed by atoms with Crippen molar-refractivity contribution in [2.24, 2.45) is 0 Å². The van der Waals surface area contributed by atoms with Crippen LogP contribution >= 0.6 is 0 Å². The van der Waals surface area contributed by atoms with Crippen molar-refractivity contribution >= 4 is 23.5 Å². The van der Waals surface area contributed by atoms with Crippen molar-refractivity contribution in [1.82, 2.24) is 5.32 Å². The lowest BCUT2D eigenvalue weighted by molar-refractivity contribution is -0.135. The van der Waals surface area contributed by atoms with Crippen LogP contribution in [0.3, 0.4) is 0 Å². The summed E-state index contributed by atoms with van der Waals surface area (Å²) >= 11 is 0. The van der Waals surface area contributed by atoms with Crippen molar-refractivity contribution in [2.45, 2.75) is 20.8 Å². The second-order valence-electron chi connectivity index (χ2n) is 6.22. The Morgan fingerprint density at radius 2 is 1.59 bits per heavy atom. The number of carboxylic acid groups (broad SMARTS) is 1. The lowest BCUT2D eigenvalue weighted by Crippen LogP contribution is -2.29. The number of amides is 2. The molecule has 0 bridgehead atoms. The molecule has 2 aromatic carbocycles. The lowest BCUT2D eigenvalue weighted by atomic mass is 10.1. The predicted octanol–water partition coefficient (Wildman–Crippen LogP) is 2.44. The first-order chi connectivity index (χ1) is 12.8. The number of hydrogen-bond acceptors (Lipinski definition) is 4. The lowest BCUT2D eigenvalue weighted by Gasteiger charge is -2.13. The summed E-state index contributed by atoms with van der Waals surface area (Å²) < 4.78 is 5.64. The third-order valence-corrected chi connectivity index (χ3v) is 3.78. The minimum atomic E-state index is -1.12. The Balaban J connectivity index is 1.91. The molecule has 0 unspecified atom stereocenters. The van der Waals surface area contributed by atoms with Gasteiger partial charge in [-0.1, -0.05) is 17.7 Å². The standard InChI is InChI=1S/C20H22N2O5/c1-12-8-13(2)19(14(3)9-12)27-11-17(23)22-16-6-4-15(5-7-16)20(26)21-10-18(24)25/h4-9H,10-11H2,1-3H3,(H,21,26)(H,22,23)(H,24,25). The second-order valence-corrected chi connectivity index (χ2v) is 6.22. The quantitative estimate of drug-likeness (QED) is 0.694. The van der Waals surface area contributed by atoms with Crippen molar-refractivity contribution in [1.29, 1.82) is 0 Å². The van der Waals surface area contributed by atoms with Crippen LogP contribution in [0.2, 0.25) is 0 Å². The Bertz CT molecular complexity index is 836. The smallest absolute Gasteiger partial charge is 0.322 e. The molecule has 7 nitrogen and oxygen atoms in total. The molecule has 0 aliphatic heterocycles. The summed E-state index contributed by atoms with van der Waals surface area (Å²) in [6.07, 6.45) is 0. The van der Waals surface area contributed by atoms with Crippen LogP contribution in [-0.4, -0.2) is 36.0 Å². The molecule has 2 aromatic rings. The topological polar surface area (TPSA) is 105 Å². The molecule has 0 aromatic heterocycles. The molecule has 0 heterocycles. The summed E-state index contributed by atoms with van der Waals surface area (Å²) in [6.45, 7) is 5.28. The first-order valence-corrected chi connectivity index (χ1v) is 8.37. The average Bonchev–Trinajstić information content (AvgIpc) is 2.59. The van der Waals surface area contributed by atoms with Gasteiger partial charge in [-0.2, -0.15) is 0 Å². The zero-order valence-electron chi connectivity index (χ0n) is 15.5. The van der Waals surface area contributed by atoms with Crippen LogP contribution in [0.15, 0.2) is 36.4 Å². The van der Waals surface area contributed by atoms with Gasteiger partial charge < -0.3 is 20.5 Å². The summed E-state index contributed by atoms with van der Waals surface area (Å²) in [7, 11) is 0. The van der Waals surface area contributed by atoms with Crippen LogP contribution in [0, 0.1) is 20.8 Å². The zero-order chi connectivity index (χ0) is 20.0. The van der Waals surface area contributed by atoms with Gasteiger partial charge in [0.05, 0.1) is 0 Å². The SMILES string of the molecule is Cc1cc(C)c(OCC(=O)Nc2ccc(C(=O)NCC(=O)O)cc2)c(C)c1. The molecule has 0 aliphatic rings. The van der Waals surface area contributed by atoms with E-state index in [2.05, 4.69) is 10.6 Å². The molecule has 2 amide bonds. The second kappa shape index (κ2) is 8.84. The molecule has 0 aliphatic carbocycles. The average molecular weight is 370 g/mol. The number of ether oxygens (including phenoxy) is 1. The molecule has 7 heteroatoms. The van der Waals surface area contributed by atoms with Gasteiger partial charge in [-0.25, -0.2) is 0 Å². The first-order valence-electron chi connectivity index (χ1n) is 8.37. The van der Waals surface area contributed by atoms with E-state index < -0.39 is 18.4 Å². The Labute approximate surface area is 157 Å². The molecule has 0 spiro atoms. The highest BCUT2D eigenvalue weighted by atomic mass is 16.5. The molecule has 0 saturated heterocycles. The maximum atomic E-state index is 12.1. The van der Waals surface area contributed by atoms with E-state index >= 15 is 0 Å². The minimum Gasteiger partial charge on any atom is -0.483 e. The number of aryl methyl sites for hydroxylation is 3. The number of carbonyl (C=O) groups excluding carboxylic acids is 2. The number of hydrogen-bond donors (Lipinski definition) is 3. The Morgan fingerprint density at radius 1 is 1.00 bits per heavy atom. The van der Waals surface area contributed by atoms with Crippen molar-refractivity contribution in [3.63, 3.8) is 0 Å². The van der Waals surface area contributed by atoms with Gasteiger partial charge in [-0.05, 0) is 56.2 Å².